The van der Waals surface area contributed by atoms with Crippen molar-refractivity contribution in [3.63, 3.8) is 0 Å². The Morgan fingerprint density at radius 3 is 2.48 bits per heavy atom. The normalized spacial score (nSPS) is 23.1. The minimum Gasteiger partial charge on any atom is -0.462 e. The second-order valence-corrected chi connectivity index (χ2v) is 7.56. The molecule has 6 nitrogen and oxygen atoms in total. The van der Waals surface area contributed by atoms with Gasteiger partial charge in [0.15, 0.2) is 6.61 Å². The number of carbonyl (C=O) groups excluding carboxylic acids is 3. The zero-order valence-electron chi connectivity index (χ0n) is 15.7. The quantitative estimate of drug-likeness (QED) is 0.705. The number of carbonyl (C=O) groups is 3. The largest absolute Gasteiger partial charge is 0.462 e. The smallest absolute Gasteiger partial charge is 0.338 e. The Morgan fingerprint density at radius 1 is 1.07 bits per heavy atom. The number of fused-ring (bicyclic) bond motifs is 2. The molecule has 3 rings (SSSR count). The van der Waals surface area contributed by atoms with Crippen molar-refractivity contribution in [2.75, 3.05) is 18.5 Å². The lowest BCUT2D eigenvalue weighted by molar-refractivity contribution is -0.148. The molecular formula is C21H27NO5. The van der Waals surface area contributed by atoms with Gasteiger partial charge < -0.3 is 14.8 Å². The van der Waals surface area contributed by atoms with Crippen LogP contribution in [0.15, 0.2) is 24.3 Å². The number of hydrogen-bond donors (Lipinski definition) is 1. The van der Waals surface area contributed by atoms with E-state index in [9.17, 15) is 14.4 Å². The van der Waals surface area contributed by atoms with Crippen molar-refractivity contribution >= 4 is 23.5 Å². The Bertz CT molecular complexity index is 684. The van der Waals surface area contributed by atoms with E-state index in [2.05, 4.69) is 5.32 Å². The van der Waals surface area contributed by atoms with E-state index in [1.54, 1.807) is 24.3 Å². The predicted octanol–water partition coefficient (Wildman–Crippen LogP) is 3.56. The van der Waals surface area contributed by atoms with E-state index >= 15 is 0 Å². The van der Waals surface area contributed by atoms with Gasteiger partial charge >= 0.3 is 11.9 Å². The van der Waals surface area contributed by atoms with E-state index in [0.29, 0.717) is 36.1 Å². The molecule has 0 aliphatic heterocycles. The van der Waals surface area contributed by atoms with Gasteiger partial charge in [-0.2, -0.15) is 0 Å². The van der Waals surface area contributed by atoms with Gasteiger partial charge in [-0.3, -0.25) is 9.59 Å². The van der Waals surface area contributed by atoms with Crippen molar-refractivity contribution < 1.29 is 23.9 Å². The van der Waals surface area contributed by atoms with Gasteiger partial charge in [0.2, 0.25) is 0 Å². The molecule has 6 heteroatoms. The first-order chi connectivity index (χ1) is 13.0. The summed E-state index contributed by atoms with van der Waals surface area (Å²) < 4.78 is 10.2. The molecule has 2 aliphatic rings. The number of nitrogens with one attached hydrogen (secondary N) is 1. The van der Waals surface area contributed by atoms with Gasteiger partial charge in [0.25, 0.3) is 5.91 Å². The topological polar surface area (TPSA) is 81.7 Å². The van der Waals surface area contributed by atoms with Crippen LogP contribution in [0.3, 0.4) is 0 Å². The first-order valence-corrected chi connectivity index (χ1v) is 9.77. The van der Waals surface area contributed by atoms with Crippen molar-refractivity contribution in [3.8, 4) is 0 Å². The van der Waals surface area contributed by atoms with Crippen molar-refractivity contribution in [2.45, 2.75) is 45.4 Å². The fourth-order valence-corrected chi connectivity index (χ4v) is 4.21. The van der Waals surface area contributed by atoms with Gasteiger partial charge in [-0.05, 0) is 67.7 Å². The second kappa shape index (κ2) is 9.02. The van der Waals surface area contributed by atoms with Gasteiger partial charge in [-0.1, -0.05) is 13.3 Å². The van der Waals surface area contributed by atoms with Crippen LogP contribution in [-0.4, -0.2) is 31.1 Å². The number of hydrogen-bond acceptors (Lipinski definition) is 5. The molecule has 1 N–H and O–H groups in total. The van der Waals surface area contributed by atoms with E-state index in [1.165, 1.54) is 19.3 Å². The van der Waals surface area contributed by atoms with Crippen LogP contribution < -0.4 is 5.32 Å². The lowest BCUT2D eigenvalue weighted by Crippen LogP contribution is -2.23. The molecule has 146 valence electrons. The average Bonchev–Trinajstić information content (AvgIpc) is 3.28. The summed E-state index contributed by atoms with van der Waals surface area (Å²) in [6.07, 6.45) is 6.09. The maximum atomic E-state index is 12.0. The van der Waals surface area contributed by atoms with Gasteiger partial charge in [0, 0.05) is 12.1 Å². The highest BCUT2D eigenvalue weighted by Crippen LogP contribution is 2.49. The van der Waals surface area contributed by atoms with E-state index in [0.717, 1.165) is 18.8 Å². The molecule has 0 radical (unpaired) electrons. The standard InChI is InChI=1S/C21H27NO5/c1-2-9-26-21(25)15-5-7-18(8-6-15)22-19(23)13-27-20(24)12-17-11-14-3-4-16(17)10-14/h5-8,14,16-17H,2-4,9-13H2,1H3,(H,22,23). The molecule has 1 amide bonds. The Hall–Kier alpha value is -2.37. The van der Waals surface area contributed by atoms with E-state index in [1.807, 2.05) is 6.92 Å². The zero-order valence-corrected chi connectivity index (χ0v) is 15.7. The number of benzene rings is 1. The number of esters is 2. The van der Waals surface area contributed by atoms with Crippen molar-refractivity contribution in [1.29, 1.82) is 0 Å². The lowest BCUT2D eigenvalue weighted by atomic mass is 9.86. The molecule has 1 aromatic rings. The van der Waals surface area contributed by atoms with Crippen LogP contribution in [0.4, 0.5) is 5.69 Å². The Kier molecular flexibility index (Phi) is 6.48. The average molecular weight is 373 g/mol. The molecular weight excluding hydrogens is 346 g/mol. The molecule has 3 unspecified atom stereocenters. The van der Waals surface area contributed by atoms with Gasteiger partial charge in [-0.15, -0.1) is 0 Å². The molecule has 27 heavy (non-hydrogen) atoms. The molecule has 0 heterocycles. The van der Waals surface area contributed by atoms with Crippen molar-refractivity contribution in [1.82, 2.24) is 0 Å². The van der Waals surface area contributed by atoms with Crippen molar-refractivity contribution in [2.24, 2.45) is 17.8 Å². The SMILES string of the molecule is CCCOC(=O)c1ccc(NC(=O)COC(=O)CC2CC3CCC2C3)cc1. The van der Waals surface area contributed by atoms with Crippen LogP contribution in [-0.2, 0) is 19.1 Å². The summed E-state index contributed by atoms with van der Waals surface area (Å²) in [5.41, 5.74) is 0.968. The highest BCUT2D eigenvalue weighted by Gasteiger charge is 2.40. The highest BCUT2D eigenvalue weighted by atomic mass is 16.5. The third-order valence-corrected chi connectivity index (χ3v) is 5.52. The van der Waals surface area contributed by atoms with Crippen molar-refractivity contribution in [3.05, 3.63) is 29.8 Å². The third kappa shape index (κ3) is 5.31. The molecule has 0 spiro atoms. The highest BCUT2D eigenvalue weighted by molar-refractivity contribution is 5.94. The molecule has 0 saturated heterocycles. The van der Waals surface area contributed by atoms with Crippen LogP contribution in [0.1, 0.15) is 55.8 Å². The summed E-state index contributed by atoms with van der Waals surface area (Å²) >= 11 is 0. The Morgan fingerprint density at radius 2 is 1.85 bits per heavy atom. The maximum Gasteiger partial charge on any atom is 0.338 e. The summed E-state index contributed by atoms with van der Waals surface area (Å²) in [4.78, 5) is 35.7. The second-order valence-electron chi connectivity index (χ2n) is 7.56. The van der Waals surface area contributed by atoms with Crippen LogP contribution in [0.5, 0.6) is 0 Å². The molecule has 2 bridgehead atoms. The number of rotatable bonds is 8. The Labute approximate surface area is 159 Å². The molecule has 2 fully saturated rings. The summed E-state index contributed by atoms with van der Waals surface area (Å²) in [5.74, 6) is 0.815. The fraction of sp³-hybridized carbons (Fsp3) is 0.571. The fourth-order valence-electron chi connectivity index (χ4n) is 4.21. The molecule has 3 atom stereocenters. The lowest BCUT2D eigenvalue weighted by Gasteiger charge is -2.20. The van der Waals surface area contributed by atoms with E-state index in [-0.39, 0.29) is 18.5 Å². The molecule has 0 aromatic heterocycles. The maximum absolute atomic E-state index is 12.0. The molecule has 2 aliphatic carbocycles. The molecule has 1 aromatic carbocycles. The van der Waals surface area contributed by atoms with E-state index in [4.69, 9.17) is 9.47 Å². The third-order valence-electron chi connectivity index (χ3n) is 5.52. The summed E-state index contributed by atoms with van der Waals surface area (Å²) in [7, 11) is 0. The predicted molar refractivity (Wildman–Crippen MR) is 100 cm³/mol. The minimum atomic E-state index is -0.391. The number of anilines is 1. The molecule has 2 saturated carbocycles. The number of ether oxygens (including phenoxy) is 2. The summed E-state index contributed by atoms with van der Waals surface area (Å²) in [6.45, 7) is 2.02. The monoisotopic (exact) mass is 373 g/mol. The van der Waals surface area contributed by atoms with Crippen LogP contribution in [0, 0.1) is 17.8 Å². The summed E-state index contributed by atoms with van der Waals surface area (Å²) in [6, 6.07) is 6.43. The summed E-state index contributed by atoms with van der Waals surface area (Å²) in [5, 5.41) is 2.66. The van der Waals surface area contributed by atoms with Gasteiger partial charge in [0.05, 0.1) is 12.2 Å². The first kappa shape index (κ1) is 19.4. The minimum absolute atomic E-state index is 0.292. The van der Waals surface area contributed by atoms with Crippen LogP contribution >= 0.6 is 0 Å². The van der Waals surface area contributed by atoms with Gasteiger partial charge in [0.1, 0.15) is 0 Å². The Balaban J connectivity index is 1.38. The zero-order chi connectivity index (χ0) is 19.2. The van der Waals surface area contributed by atoms with Gasteiger partial charge in [-0.25, -0.2) is 4.79 Å². The van der Waals surface area contributed by atoms with E-state index < -0.39 is 5.91 Å². The number of amides is 1. The van der Waals surface area contributed by atoms with Crippen LogP contribution in [0.2, 0.25) is 0 Å². The first-order valence-electron chi connectivity index (χ1n) is 9.77. The van der Waals surface area contributed by atoms with Crippen LogP contribution in [0.25, 0.3) is 0 Å².